The molecule has 0 saturated heterocycles. The van der Waals surface area contributed by atoms with Gasteiger partial charge in [-0.25, -0.2) is 0 Å². The highest BCUT2D eigenvalue weighted by molar-refractivity contribution is 9.10. The van der Waals surface area contributed by atoms with Gasteiger partial charge in [-0.2, -0.15) is 13.2 Å². The molecule has 19 heavy (non-hydrogen) atoms. The molecule has 0 unspecified atom stereocenters. The number of alkyl halides is 3. The van der Waals surface area contributed by atoms with E-state index < -0.39 is 11.7 Å². The first kappa shape index (κ1) is 13.8. The van der Waals surface area contributed by atoms with Gasteiger partial charge in [-0.05, 0) is 35.4 Å². The van der Waals surface area contributed by atoms with Crippen LogP contribution < -0.4 is 0 Å². The molecule has 98 valence electrons. The first-order valence-corrected chi connectivity index (χ1v) is 6.13. The summed E-state index contributed by atoms with van der Waals surface area (Å²) in [6.45, 7) is 0. The Morgan fingerprint density at radius 3 is 2.26 bits per heavy atom. The molecule has 0 amide bonds. The van der Waals surface area contributed by atoms with Gasteiger partial charge in [0.05, 0.1) is 5.56 Å². The van der Waals surface area contributed by atoms with Gasteiger partial charge in [-0.3, -0.25) is 4.79 Å². The minimum Gasteiger partial charge on any atom is -0.298 e. The lowest BCUT2D eigenvalue weighted by Crippen LogP contribution is -2.04. The zero-order valence-corrected chi connectivity index (χ0v) is 11.1. The third-order valence-electron chi connectivity index (χ3n) is 2.65. The summed E-state index contributed by atoms with van der Waals surface area (Å²) in [4.78, 5) is 10.7. The predicted molar refractivity (Wildman–Crippen MR) is 70.0 cm³/mol. The minimum atomic E-state index is -4.37. The highest BCUT2D eigenvalue weighted by Crippen LogP contribution is 2.33. The Morgan fingerprint density at radius 1 is 1.00 bits per heavy atom. The maximum atomic E-state index is 12.6. The number of carbonyl (C=O) groups excluding carboxylic acids is 1. The molecule has 0 aliphatic carbocycles. The number of halogens is 4. The molecule has 0 atom stereocenters. The van der Waals surface area contributed by atoms with Crippen LogP contribution >= 0.6 is 15.9 Å². The molecule has 0 aliphatic heterocycles. The zero-order valence-electron chi connectivity index (χ0n) is 9.54. The molecule has 0 aromatic heterocycles. The Bertz CT molecular complexity index is 620. The lowest BCUT2D eigenvalue weighted by atomic mass is 10.0. The van der Waals surface area contributed by atoms with Crippen molar-refractivity contribution < 1.29 is 18.0 Å². The first-order chi connectivity index (χ1) is 8.91. The van der Waals surface area contributed by atoms with Gasteiger partial charge in [0.1, 0.15) is 0 Å². The fourth-order valence-corrected chi connectivity index (χ4v) is 2.15. The van der Waals surface area contributed by atoms with Gasteiger partial charge >= 0.3 is 6.18 Å². The molecule has 5 heteroatoms. The fourth-order valence-electron chi connectivity index (χ4n) is 1.68. The van der Waals surface area contributed by atoms with Crippen molar-refractivity contribution in [3.8, 4) is 11.1 Å². The molecule has 0 radical (unpaired) electrons. The maximum absolute atomic E-state index is 12.6. The molecule has 2 aromatic rings. The van der Waals surface area contributed by atoms with Gasteiger partial charge in [-0.15, -0.1) is 0 Å². The summed E-state index contributed by atoms with van der Waals surface area (Å²) in [5.41, 5.74) is 0.827. The van der Waals surface area contributed by atoms with Crippen LogP contribution in [0.15, 0.2) is 46.9 Å². The molecule has 0 aliphatic rings. The Kier molecular flexibility index (Phi) is 3.75. The number of hydrogen-bond donors (Lipinski definition) is 0. The summed E-state index contributed by atoms with van der Waals surface area (Å²) >= 11 is 3.21. The predicted octanol–water partition coefficient (Wildman–Crippen LogP) is 4.95. The zero-order chi connectivity index (χ0) is 14.0. The molecule has 1 nitrogen and oxygen atoms in total. The second-order valence-electron chi connectivity index (χ2n) is 3.93. The largest absolute Gasteiger partial charge is 0.416 e. The smallest absolute Gasteiger partial charge is 0.298 e. The third-order valence-corrected chi connectivity index (χ3v) is 3.34. The van der Waals surface area contributed by atoms with Crippen molar-refractivity contribution in [3.05, 3.63) is 58.1 Å². The van der Waals surface area contributed by atoms with Crippen molar-refractivity contribution in [2.45, 2.75) is 6.18 Å². The van der Waals surface area contributed by atoms with Crippen LogP contribution in [0.25, 0.3) is 11.1 Å². The Balaban J connectivity index is 2.48. The summed E-state index contributed by atoms with van der Waals surface area (Å²) in [5.74, 6) is 0. The number of hydrogen-bond acceptors (Lipinski definition) is 1. The Labute approximate surface area is 116 Å². The highest BCUT2D eigenvalue weighted by Gasteiger charge is 2.30. The van der Waals surface area contributed by atoms with Crippen LogP contribution in [0.2, 0.25) is 0 Å². The lowest BCUT2D eigenvalue weighted by Gasteiger charge is -2.09. The van der Waals surface area contributed by atoms with Gasteiger partial charge in [0, 0.05) is 10.0 Å². The second-order valence-corrected chi connectivity index (χ2v) is 4.79. The number of aldehydes is 1. The van der Waals surface area contributed by atoms with Crippen LogP contribution in [0.4, 0.5) is 13.2 Å². The molecule has 0 saturated carbocycles. The number of benzene rings is 2. The van der Waals surface area contributed by atoms with Gasteiger partial charge in [0.15, 0.2) is 6.29 Å². The third kappa shape index (κ3) is 3.04. The van der Waals surface area contributed by atoms with E-state index in [2.05, 4.69) is 15.9 Å². The van der Waals surface area contributed by atoms with E-state index in [1.807, 2.05) is 0 Å². The van der Waals surface area contributed by atoms with E-state index in [-0.39, 0.29) is 0 Å². The van der Waals surface area contributed by atoms with Crippen LogP contribution in [-0.4, -0.2) is 6.29 Å². The van der Waals surface area contributed by atoms with Crippen LogP contribution in [0, 0.1) is 0 Å². The summed E-state index contributed by atoms with van der Waals surface area (Å²) < 4.78 is 38.4. The second kappa shape index (κ2) is 5.17. The van der Waals surface area contributed by atoms with Crippen LogP contribution in [-0.2, 0) is 6.18 Å². The SMILES string of the molecule is O=Cc1ccc(-c2cccc(C(F)(F)F)c2)cc1Br. The van der Waals surface area contributed by atoms with Crippen molar-refractivity contribution in [1.82, 2.24) is 0 Å². The molecule has 0 bridgehead atoms. The standard InChI is InChI=1S/C14H8BrF3O/c15-13-7-10(4-5-11(13)8-19)9-2-1-3-12(6-9)14(16,17)18/h1-8H. The molecule has 0 heterocycles. The van der Waals surface area contributed by atoms with Crippen LogP contribution in [0.1, 0.15) is 15.9 Å². The van der Waals surface area contributed by atoms with Crippen molar-refractivity contribution in [1.29, 1.82) is 0 Å². The van der Waals surface area contributed by atoms with E-state index in [0.29, 0.717) is 27.4 Å². The van der Waals surface area contributed by atoms with Crippen LogP contribution in [0.5, 0.6) is 0 Å². The quantitative estimate of drug-likeness (QED) is 0.713. The molecule has 0 N–H and O–H groups in total. The Morgan fingerprint density at radius 2 is 1.68 bits per heavy atom. The van der Waals surface area contributed by atoms with E-state index in [1.54, 1.807) is 24.3 Å². The van der Waals surface area contributed by atoms with Gasteiger partial charge in [0.25, 0.3) is 0 Å². The first-order valence-electron chi connectivity index (χ1n) is 5.34. The molecule has 2 rings (SSSR count). The van der Waals surface area contributed by atoms with E-state index in [9.17, 15) is 18.0 Å². The summed E-state index contributed by atoms with van der Waals surface area (Å²) in [7, 11) is 0. The number of rotatable bonds is 2. The molecule has 2 aromatic carbocycles. The van der Waals surface area contributed by atoms with E-state index in [4.69, 9.17) is 0 Å². The van der Waals surface area contributed by atoms with Crippen molar-refractivity contribution in [3.63, 3.8) is 0 Å². The maximum Gasteiger partial charge on any atom is 0.416 e. The van der Waals surface area contributed by atoms with E-state index in [0.717, 1.165) is 12.1 Å². The average molecular weight is 329 g/mol. The molecular formula is C14H8BrF3O. The van der Waals surface area contributed by atoms with Gasteiger partial charge in [-0.1, -0.05) is 34.1 Å². The molecule has 0 spiro atoms. The van der Waals surface area contributed by atoms with Crippen LogP contribution in [0.3, 0.4) is 0 Å². The molecule has 0 fully saturated rings. The monoisotopic (exact) mass is 328 g/mol. The molecular weight excluding hydrogens is 321 g/mol. The number of carbonyl (C=O) groups is 1. The average Bonchev–Trinajstić information content (AvgIpc) is 2.38. The van der Waals surface area contributed by atoms with E-state index >= 15 is 0 Å². The van der Waals surface area contributed by atoms with Gasteiger partial charge < -0.3 is 0 Å². The summed E-state index contributed by atoms with van der Waals surface area (Å²) in [6.07, 6.45) is -3.68. The summed E-state index contributed by atoms with van der Waals surface area (Å²) in [5, 5.41) is 0. The minimum absolute atomic E-state index is 0.452. The summed E-state index contributed by atoms with van der Waals surface area (Å²) in [6, 6.07) is 9.87. The van der Waals surface area contributed by atoms with Gasteiger partial charge in [0.2, 0.25) is 0 Å². The van der Waals surface area contributed by atoms with Crippen molar-refractivity contribution in [2.75, 3.05) is 0 Å². The lowest BCUT2D eigenvalue weighted by molar-refractivity contribution is -0.137. The van der Waals surface area contributed by atoms with Crippen molar-refractivity contribution in [2.24, 2.45) is 0 Å². The van der Waals surface area contributed by atoms with Crippen molar-refractivity contribution >= 4 is 22.2 Å². The highest BCUT2D eigenvalue weighted by atomic mass is 79.9. The normalized spacial score (nSPS) is 11.4. The fraction of sp³-hybridized carbons (Fsp3) is 0.0714. The topological polar surface area (TPSA) is 17.1 Å². The van der Waals surface area contributed by atoms with E-state index in [1.165, 1.54) is 6.07 Å². The Hall–Kier alpha value is -1.62.